The normalized spacial score (nSPS) is 14.3. The van der Waals surface area contributed by atoms with Crippen LogP contribution in [0.25, 0.3) is 0 Å². The van der Waals surface area contributed by atoms with E-state index < -0.39 is 11.9 Å². The van der Waals surface area contributed by atoms with Crippen LogP contribution in [0.4, 0.5) is 0 Å². The molecule has 0 aliphatic heterocycles. The van der Waals surface area contributed by atoms with E-state index in [4.69, 9.17) is 9.84 Å². The van der Waals surface area contributed by atoms with Crippen molar-refractivity contribution in [3.8, 4) is 5.75 Å². The van der Waals surface area contributed by atoms with E-state index in [2.05, 4.69) is 15.9 Å². The fourth-order valence-corrected chi connectivity index (χ4v) is 1.29. The Labute approximate surface area is 97.2 Å². The van der Waals surface area contributed by atoms with Gasteiger partial charge in [0.1, 0.15) is 11.9 Å². The van der Waals surface area contributed by atoms with Gasteiger partial charge in [-0.2, -0.15) is 0 Å². The van der Waals surface area contributed by atoms with E-state index >= 15 is 0 Å². The van der Waals surface area contributed by atoms with Gasteiger partial charge in [-0.3, -0.25) is 4.79 Å². The molecular formula is C11H13BrO3. The zero-order valence-corrected chi connectivity index (χ0v) is 10.2. The standard InChI is InChI=1S/C11H13BrO3/c1-7(11(13)14)8(2)15-10-5-3-9(12)4-6-10/h3-8H,1-2H3,(H,13,14). The van der Waals surface area contributed by atoms with E-state index in [0.717, 1.165) is 4.47 Å². The maximum atomic E-state index is 10.7. The van der Waals surface area contributed by atoms with Gasteiger partial charge in [0.25, 0.3) is 0 Å². The molecule has 0 fully saturated rings. The summed E-state index contributed by atoms with van der Waals surface area (Å²) in [6.07, 6.45) is -0.344. The minimum Gasteiger partial charge on any atom is -0.490 e. The number of carboxylic acids is 1. The molecule has 1 rings (SSSR count). The molecule has 0 spiro atoms. The predicted molar refractivity (Wildman–Crippen MR) is 61.0 cm³/mol. The molecule has 0 aliphatic rings. The van der Waals surface area contributed by atoms with Gasteiger partial charge in [0.2, 0.25) is 0 Å². The quantitative estimate of drug-likeness (QED) is 0.917. The molecule has 0 aliphatic carbocycles. The molecule has 3 nitrogen and oxygen atoms in total. The molecule has 2 unspecified atom stereocenters. The minimum atomic E-state index is -0.848. The molecule has 82 valence electrons. The lowest BCUT2D eigenvalue weighted by Gasteiger charge is -2.18. The SMILES string of the molecule is CC(Oc1ccc(Br)cc1)C(C)C(=O)O. The summed E-state index contributed by atoms with van der Waals surface area (Å²) in [5, 5.41) is 8.79. The van der Waals surface area contributed by atoms with Gasteiger partial charge in [-0.1, -0.05) is 15.9 Å². The molecule has 2 atom stereocenters. The molecule has 0 bridgehead atoms. The van der Waals surface area contributed by atoms with Crippen LogP contribution in [0.2, 0.25) is 0 Å². The third-order valence-corrected chi connectivity index (χ3v) is 2.76. The van der Waals surface area contributed by atoms with Gasteiger partial charge in [-0.05, 0) is 38.1 Å². The largest absolute Gasteiger partial charge is 0.490 e. The van der Waals surface area contributed by atoms with Gasteiger partial charge >= 0.3 is 5.97 Å². The first-order valence-electron chi connectivity index (χ1n) is 4.65. The topological polar surface area (TPSA) is 46.5 Å². The van der Waals surface area contributed by atoms with Gasteiger partial charge in [-0.25, -0.2) is 0 Å². The van der Waals surface area contributed by atoms with E-state index in [1.807, 2.05) is 12.1 Å². The second-order valence-corrected chi connectivity index (χ2v) is 4.32. The first kappa shape index (κ1) is 12.0. The predicted octanol–water partition coefficient (Wildman–Crippen LogP) is 2.94. The summed E-state index contributed by atoms with van der Waals surface area (Å²) in [5.74, 6) is -0.688. The van der Waals surface area contributed by atoms with E-state index in [1.165, 1.54) is 0 Å². The Morgan fingerprint density at radius 3 is 2.33 bits per heavy atom. The van der Waals surface area contributed by atoms with Crippen LogP contribution in [0.5, 0.6) is 5.75 Å². The number of aliphatic carboxylic acids is 1. The van der Waals surface area contributed by atoms with Gasteiger partial charge in [0.05, 0.1) is 5.92 Å². The van der Waals surface area contributed by atoms with Gasteiger partial charge in [0, 0.05) is 4.47 Å². The molecular weight excluding hydrogens is 260 g/mol. The minimum absolute atomic E-state index is 0.344. The van der Waals surface area contributed by atoms with Crippen LogP contribution in [0.3, 0.4) is 0 Å². The summed E-state index contributed by atoms with van der Waals surface area (Å²) in [4.78, 5) is 10.7. The summed E-state index contributed by atoms with van der Waals surface area (Å²) in [6, 6.07) is 7.31. The highest BCUT2D eigenvalue weighted by Crippen LogP contribution is 2.19. The molecule has 1 aromatic carbocycles. The number of carbonyl (C=O) groups is 1. The van der Waals surface area contributed by atoms with Crippen molar-refractivity contribution in [2.45, 2.75) is 20.0 Å². The average molecular weight is 273 g/mol. The average Bonchev–Trinajstić information content (AvgIpc) is 2.20. The van der Waals surface area contributed by atoms with Crippen LogP contribution in [-0.4, -0.2) is 17.2 Å². The molecule has 0 saturated carbocycles. The molecule has 15 heavy (non-hydrogen) atoms. The van der Waals surface area contributed by atoms with Crippen LogP contribution in [0.1, 0.15) is 13.8 Å². The first-order valence-corrected chi connectivity index (χ1v) is 5.45. The summed E-state index contributed by atoms with van der Waals surface area (Å²) < 4.78 is 6.46. The third kappa shape index (κ3) is 3.55. The van der Waals surface area contributed by atoms with E-state index in [9.17, 15) is 4.79 Å². The molecule has 0 heterocycles. The summed E-state index contributed by atoms with van der Waals surface area (Å²) in [6.45, 7) is 3.38. The highest BCUT2D eigenvalue weighted by Gasteiger charge is 2.20. The van der Waals surface area contributed by atoms with Gasteiger partial charge in [-0.15, -0.1) is 0 Å². The van der Waals surface area contributed by atoms with E-state index in [1.54, 1.807) is 26.0 Å². The Morgan fingerprint density at radius 2 is 1.87 bits per heavy atom. The monoisotopic (exact) mass is 272 g/mol. The van der Waals surface area contributed by atoms with Crippen LogP contribution >= 0.6 is 15.9 Å². The fourth-order valence-electron chi connectivity index (χ4n) is 1.03. The molecule has 0 saturated heterocycles. The molecule has 4 heteroatoms. The summed E-state index contributed by atoms with van der Waals surface area (Å²) in [5.41, 5.74) is 0. The van der Waals surface area contributed by atoms with Crippen molar-refractivity contribution in [1.82, 2.24) is 0 Å². The number of halogens is 1. The Morgan fingerprint density at radius 1 is 1.33 bits per heavy atom. The third-order valence-electron chi connectivity index (χ3n) is 2.23. The smallest absolute Gasteiger partial charge is 0.309 e. The van der Waals surface area contributed by atoms with Crippen molar-refractivity contribution in [2.24, 2.45) is 5.92 Å². The number of ether oxygens (including phenoxy) is 1. The van der Waals surface area contributed by atoms with Crippen molar-refractivity contribution >= 4 is 21.9 Å². The molecule has 1 N–H and O–H groups in total. The second-order valence-electron chi connectivity index (χ2n) is 3.40. The summed E-state index contributed by atoms with van der Waals surface area (Å²) in [7, 11) is 0. The maximum absolute atomic E-state index is 10.7. The first-order chi connectivity index (χ1) is 7.00. The van der Waals surface area contributed by atoms with Crippen molar-refractivity contribution in [2.75, 3.05) is 0 Å². The zero-order chi connectivity index (χ0) is 11.4. The maximum Gasteiger partial charge on any atom is 0.309 e. The second kappa shape index (κ2) is 5.16. The van der Waals surface area contributed by atoms with E-state index in [0.29, 0.717) is 5.75 Å². The van der Waals surface area contributed by atoms with E-state index in [-0.39, 0.29) is 6.10 Å². The van der Waals surface area contributed by atoms with Gasteiger partial charge in [0.15, 0.2) is 0 Å². The Kier molecular flexibility index (Phi) is 4.15. The van der Waals surface area contributed by atoms with Crippen molar-refractivity contribution in [3.05, 3.63) is 28.7 Å². The van der Waals surface area contributed by atoms with Crippen LogP contribution < -0.4 is 4.74 Å². The summed E-state index contributed by atoms with van der Waals surface area (Å²) >= 11 is 3.31. The van der Waals surface area contributed by atoms with Crippen molar-refractivity contribution in [3.63, 3.8) is 0 Å². The molecule has 0 radical (unpaired) electrons. The van der Waals surface area contributed by atoms with Crippen LogP contribution in [0.15, 0.2) is 28.7 Å². The lowest BCUT2D eigenvalue weighted by Crippen LogP contribution is -2.27. The van der Waals surface area contributed by atoms with Gasteiger partial charge < -0.3 is 9.84 Å². The number of hydrogen-bond acceptors (Lipinski definition) is 2. The Bertz CT molecular complexity index is 334. The number of carboxylic acid groups (broad SMARTS) is 1. The lowest BCUT2D eigenvalue weighted by atomic mass is 10.1. The highest BCUT2D eigenvalue weighted by molar-refractivity contribution is 9.10. The molecule has 0 amide bonds. The fraction of sp³-hybridized carbons (Fsp3) is 0.364. The van der Waals surface area contributed by atoms with Crippen LogP contribution in [0, 0.1) is 5.92 Å². The van der Waals surface area contributed by atoms with Crippen LogP contribution in [-0.2, 0) is 4.79 Å². The number of rotatable bonds is 4. The van der Waals surface area contributed by atoms with Crippen molar-refractivity contribution < 1.29 is 14.6 Å². The Balaban J connectivity index is 2.62. The molecule has 1 aromatic rings. The number of benzene rings is 1. The van der Waals surface area contributed by atoms with Crippen molar-refractivity contribution in [1.29, 1.82) is 0 Å². The highest BCUT2D eigenvalue weighted by atomic mass is 79.9. The molecule has 0 aromatic heterocycles. The lowest BCUT2D eigenvalue weighted by molar-refractivity contribution is -0.143. The number of hydrogen-bond donors (Lipinski definition) is 1. The zero-order valence-electron chi connectivity index (χ0n) is 8.61. The Hall–Kier alpha value is -1.03.